The van der Waals surface area contributed by atoms with E-state index in [2.05, 4.69) is 0 Å². The Bertz CT molecular complexity index is 1130. The van der Waals surface area contributed by atoms with Gasteiger partial charge in [0.25, 0.3) is 0 Å². The average Bonchev–Trinajstić information content (AvgIpc) is 3.08. The van der Waals surface area contributed by atoms with E-state index in [9.17, 15) is 14.7 Å². The molecule has 2 atom stereocenters. The van der Waals surface area contributed by atoms with Gasteiger partial charge in [0.2, 0.25) is 0 Å². The van der Waals surface area contributed by atoms with Gasteiger partial charge in [-0.15, -0.1) is 0 Å². The summed E-state index contributed by atoms with van der Waals surface area (Å²) in [6.45, 7) is 0.0378. The van der Waals surface area contributed by atoms with Crippen molar-refractivity contribution in [2.45, 2.75) is 18.4 Å². The number of benzene rings is 3. The minimum Gasteiger partial charge on any atom is -0.481 e. The number of fused-ring (bicyclic) bond motifs is 3. The van der Waals surface area contributed by atoms with Crippen LogP contribution >= 0.6 is 23.2 Å². The number of rotatable bonds is 7. The summed E-state index contributed by atoms with van der Waals surface area (Å²) >= 11 is 12.0. The molecule has 0 fully saturated rings. The minimum atomic E-state index is -1.50. The first-order valence-corrected chi connectivity index (χ1v) is 10.9. The van der Waals surface area contributed by atoms with Crippen molar-refractivity contribution in [3.63, 3.8) is 0 Å². The molecule has 4 rings (SSSR count). The summed E-state index contributed by atoms with van der Waals surface area (Å²) in [6.07, 6.45) is 0.137. The van der Waals surface area contributed by atoms with E-state index < -0.39 is 23.9 Å². The molecule has 0 saturated carbocycles. The van der Waals surface area contributed by atoms with Crippen molar-refractivity contribution in [1.29, 1.82) is 0 Å². The summed E-state index contributed by atoms with van der Waals surface area (Å²) in [5.41, 5.74) is 11.1. The van der Waals surface area contributed by atoms with Crippen LogP contribution in [0.4, 0.5) is 0 Å². The fraction of sp³-hybridized carbons (Fsp3) is 0.200. The predicted octanol–water partition coefficient (Wildman–Crippen LogP) is 4.92. The molecule has 3 N–H and O–H groups in total. The molecule has 0 aliphatic heterocycles. The van der Waals surface area contributed by atoms with E-state index in [-0.39, 0.29) is 18.9 Å². The Balaban J connectivity index is 1.49. The molecular weight excluding hydrogens is 449 g/mol. The zero-order valence-electron chi connectivity index (χ0n) is 17.0. The van der Waals surface area contributed by atoms with Crippen LogP contribution in [0.1, 0.15) is 22.6 Å². The Kier molecular flexibility index (Phi) is 6.51. The molecule has 0 heterocycles. The number of nitrogens with two attached hydrogens (primary N) is 1. The number of esters is 1. The van der Waals surface area contributed by atoms with Crippen molar-refractivity contribution in [2.75, 3.05) is 6.61 Å². The maximum atomic E-state index is 12.8. The number of carbonyl (C=O) groups excluding carboxylic acids is 1. The molecule has 32 heavy (non-hydrogen) atoms. The summed E-state index contributed by atoms with van der Waals surface area (Å²) in [4.78, 5) is 24.6. The molecular formula is C25H21Cl2NO4. The largest absolute Gasteiger partial charge is 0.481 e. The first-order valence-electron chi connectivity index (χ1n) is 10.1. The van der Waals surface area contributed by atoms with Gasteiger partial charge in [-0.25, -0.2) is 0 Å². The van der Waals surface area contributed by atoms with Gasteiger partial charge in [0.15, 0.2) is 5.92 Å². The quantitative estimate of drug-likeness (QED) is 0.378. The first kappa shape index (κ1) is 22.3. The standard InChI is InChI=1S/C25H21Cl2NO4/c26-20-10-9-14(11-21(20)27)12-22(28)23(24(29)30)25(31)32-13-19-17-7-3-1-5-15(17)16-6-2-4-8-18(16)19/h1-11,19,22-23H,12-13,28H2,(H,29,30)/t22?,23-/m0/s1. The normalized spacial score (nSPS) is 14.3. The minimum absolute atomic E-state index is 0.0378. The second-order valence-electron chi connectivity index (χ2n) is 7.79. The highest BCUT2D eigenvalue weighted by Crippen LogP contribution is 2.44. The number of halogens is 2. The van der Waals surface area contributed by atoms with Crippen LogP contribution in [0.5, 0.6) is 0 Å². The fourth-order valence-electron chi connectivity index (χ4n) is 4.21. The topological polar surface area (TPSA) is 89.6 Å². The number of carbonyl (C=O) groups is 2. The number of hydrogen-bond acceptors (Lipinski definition) is 4. The summed E-state index contributed by atoms with van der Waals surface area (Å²) < 4.78 is 5.52. The SMILES string of the molecule is NC(Cc1ccc(Cl)c(Cl)c1)[C@@H](C(=O)O)C(=O)OCC1c2ccccc2-c2ccccc21. The summed E-state index contributed by atoms with van der Waals surface area (Å²) in [6, 6.07) is 19.8. The second kappa shape index (κ2) is 9.33. The first-order chi connectivity index (χ1) is 15.4. The van der Waals surface area contributed by atoms with Gasteiger partial charge in [0, 0.05) is 12.0 Å². The molecule has 164 valence electrons. The van der Waals surface area contributed by atoms with Gasteiger partial charge in [-0.3, -0.25) is 9.59 Å². The van der Waals surface area contributed by atoms with Crippen molar-refractivity contribution < 1.29 is 19.4 Å². The monoisotopic (exact) mass is 469 g/mol. The van der Waals surface area contributed by atoms with Crippen LogP contribution in [-0.2, 0) is 20.7 Å². The van der Waals surface area contributed by atoms with Crippen LogP contribution in [0.15, 0.2) is 66.7 Å². The lowest BCUT2D eigenvalue weighted by Gasteiger charge is -2.21. The number of carboxylic acids is 1. The Morgan fingerprint density at radius 2 is 1.53 bits per heavy atom. The van der Waals surface area contributed by atoms with Gasteiger partial charge >= 0.3 is 11.9 Å². The Morgan fingerprint density at radius 3 is 2.09 bits per heavy atom. The Labute approximate surface area is 195 Å². The fourth-order valence-corrected chi connectivity index (χ4v) is 4.53. The Hall–Kier alpha value is -2.86. The zero-order valence-corrected chi connectivity index (χ0v) is 18.5. The van der Waals surface area contributed by atoms with Crippen LogP contribution in [0.2, 0.25) is 10.0 Å². The van der Waals surface area contributed by atoms with E-state index in [1.54, 1.807) is 18.2 Å². The highest BCUT2D eigenvalue weighted by atomic mass is 35.5. The molecule has 1 aliphatic carbocycles. The average molecular weight is 470 g/mol. The molecule has 0 saturated heterocycles. The number of hydrogen-bond donors (Lipinski definition) is 2. The maximum absolute atomic E-state index is 12.8. The van der Waals surface area contributed by atoms with Crippen LogP contribution in [0.3, 0.4) is 0 Å². The number of aliphatic carboxylic acids is 1. The lowest BCUT2D eigenvalue weighted by molar-refractivity contribution is -0.159. The highest BCUT2D eigenvalue weighted by molar-refractivity contribution is 6.42. The number of ether oxygens (including phenoxy) is 1. The zero-order chi connectivity index (χ0) is 22.8. The smallest absolute Gasteiger partial charge is 0.321 e. The molecule has 3 aromatic carbocycles. The van der Waals surface area contributed by atoms with Crippen LogP contribution in [0.25, 0.3) is 11.1 Å². The molecule has 0 spiro atoms. The molecule has 1 aliphatic rings. The Morgan fingerprint density at radius 1 is 0.938 bits per heavy atom. The van der Waals surface area contributed by atoms with Crippen molar-refractivity contribution in [2.24, 2.45) is 11.7 Å². The molecule has 3 aromatic rings. The van der Waals surface area contributed by atoms with Gasteiger partial charge in [0.05, 0.1) is 10.0 Å². The summed E-state index contributed by atoms with van der Waals surface area (Å²) in [5.74, 6) is -3.84. The van der Waals surface area contributed by atoms with Crippen molar-refractivity contribution in [1.82, 2.24) is 0 Å². The third kappa shape index (κ3) is 4.37. The van der Waals surface area contributed by atoms with E-state index in [4.69, 9.17) is 33.7 Å². The van der Waals surface area contributed by atoms with Gasteiger partial charge in [-0.2, -0.15) is 0 Å². The molecule has 0 aromatic heterocycles. The van der Waals surface area contributed by atoms with Crippen LogP contribution in [0, 0.1) is 5.92 Å². The van der Waals surface area contributed by atoms with Gasteiger partial charge in [-0.1, -0.05) is 77.8 Å². The number of carboxylic acid groups (broad SMARTS) is 1. The maximum Gasteiger partial charge on any atom is 0.321 e. The van der Waals surface area contributed by atoms with E-state index in [1.807, 2.05) is 48.5 Å². The van der Waals surface area contributed by atoms with E-state index in [0.29, 0.717) is 15.6 Å². The third-order valence-corrected chi connectivity index (χ3v) is 6.50. The predicted molar refractivity (Wildman–Crippen MR) is 124 cm³/mol. The molecule has 5 nitrogen and oxygen atoms in total. The highest BCUT2D eigenvalue weighted by Gasteiger charge is 2.36. The second-order valence-corrected chi connectivity index (χ2v) is 8.60. The molecule has 0 radical (unpaired) electrons. The van der Waals surface area contributed by atoms with Gasteiger partial charge in [-0.05, 0) is 46.4 Å². The molecule has 7 heteroatoms. The summed E-state index contributed by atoms with van der Waals surface area (Å²) in [7, 11) is 0. The lowest BCUT2D eigenvalue weighted by Crippen LogP contribution is -2.43. The van der Waals surface area contributed by atoms with Crippen LogP contribution < -0.4 is 5.73 Å². The van der Waals surface area contributed by atoms with E-state index in [0.717, 1.165) is 22.3 Å². The van der Waals surface area contributed by atoms with Gasteiger partial charge < -0.3 is 15.6 Å². The van der Waals surface area contributed by atoms with Crippen molar-refractivity contribution >= 4 is 35.1 Å². The van der Waals surface area contributed by atoms with E-state index in [1.165, 1.54) is 0 Å². The third-order valence-electron chi connectivity index (χ3n) is 5.76. The van der Waals surface area contributed by atoms with Crippen molar-refractivity contribution in [3.05, 3.63) is 93.5 Å². The lowest BCUT2D eigenvalue weighted by atomic mass is 9.94. The summed E-state index contributed by atoms with van der Waals surface area (Å²) in [5, 5.41) is 10.4. The van der Waals surface area contributed by atoms with Crippen molar-refractivity contribution in [3.8, 4) is 11.1 Å². The van der Waals surface area contributed by atoms with Gasteiger partial charge in [0.1, 0.15) is 6.61 Å². The van der Waals surface area contributed by atoms with Crippen LogP contribution in [-0.4, -0.2) is 29.7 Å². The molecule has 0 amide bonds. The van der Waals surface area contributed by atoms with E-state index >= 15 is 0 Å². The molecule has 1 unspecified atom stereocenters. The molecule has 0 bridgehead atoms.